The molecule has 0 spiro atoms. The molecule has 1 atom stereocenters. The molecule has 1 aliphatic carbocycles. The van der Waals surface area contributed by atoms with E-state index in [1.54, 1.807) is 0 Å². The predicted molar refractivity (Wildman–Crippen MR) is 73.8 cm³/mol. The topological polar surface area (TPSA) is 38.7 Å². The molecule has 1 fully saturated rings. The number of ether oxygens (including phenoxy) is 2. The Morgan fingerprint density at radius 1 is 1.05 bits per heavy atom. The van der Waals surface area contributed by atoms with Crippen LogP contribution in [0.15, 0.2) is 18.2 Å². The van der Waals surface area contributed by atoms with Gasteiger partial charge in [0.05, 0.1) is 6.10 Å². The molecule has 1 heterocycles. The average Bonchev–Trinajstić information content (AvgIpc) is 2.47. The van der Waals surface area contributed by atoms with Crippen LogP contribution in [-0.2, 0) is 0 Å². The fourth-order valence-electron chi connectivity index (χ4n) is 3.25. The summed E-state index contributed by atoms with van der Waals surface area (Å²) in [4.78, 5) is 0. The minimum Gasteiger partial charge on any atom is -0.486 e. The van der Waals surface area contributed by atoms with E-state index in [0.717, 1.165) is 37.2 Å². The van der Waals surface area contributed by atoms with Crippen LogP contribution >= 0.6 is 0 Å². The van der Waals surface area contributed by atoms with Gasteiger partial charge in [-0.25, -0.2) is 0 Å². The zero-order valence-electron chi connectivity index (χ0n) is 11.5. The molecule has 0 aromatic heterocycles. The third-order valence-corrected chi connectivity index (χ3v) is 4.49. The van der Waals surface area contributed by atoms with Crippen molar-refractivity contribution >= 4 is 0 Å². The number of hydrogen-bond donors (Lipinski definition) is 1. The van der Waals surface area contributed by atoms with Crippen molar-refractivity contribution in [2.75, 3.05) is 13.2 Å². The molecule has 0 saturated heterocycles. The highest BCUT2D eigenvalue weighted by atomic mass is 16.6. The summed E-state index contributed by atoms with van der Waals surface area (Å²) in [5.74, 6) is 2.84. The number of aliphatic hydroxyl groups is 1. The quantitative estimate of drug-likeness (QED) is 0.890. The van der Waals surface area contributed by atoms with E-state index in [1.807, 2.05) is 13.0 Å². The standard InChI is InChI=1S/C16H22O3/c1-11(17)12-2-4-13(5-3-12)14-6-7-15-16(10-14)19-9-8-18-15/h6-7,10-13,17H,2-5,8-9H2,1H3. The third kappa shape index (κ3) is 2.71. The summed E-state index contributed by atoms with van der Waals surface area (Å²) >= 11 is 0. The van der Waals surface area contributed by atoms with Gasteiger partial charge in [0.2, 0.25) is 0 Å². The molecule has 0 bridgehead atoms. The van der Waals surface area contributed by atoms with Gasteiger partial charge in [0.25, 0.3) is 0 Å². The van der Waals surface area contributed by atoms with Gasteiger partial charge in [0, 0.05) is 0 Å². The SMILES string of the molecule is CC(O)C1CCC(c2ccc3c(c2)OCCO3)CC1. The fraction of sp³-hybridized carbons (Fsp3) is 0.625. The monoisotopic (exact) mass is 262 g/mol. The minimum atomic E-state index is -0.166. The Kier molecular flexibility index (Phi) is 3.65. The molecule has 3 nitrogen and oxygen atoms in total. The first-order chi connectivity index (χ1) is 9.24. The van der Waals surface area contributed by atoms with Crippen molar-refractivity contribution in [1.29, 1.82) is 0 Å². The van der Waals surface area contributed by atoms with E-state index in [-0.39, 0.29) is 6.10 Å². The van der Waals surface area contributed by atoms with E-state index in [4.69, 9.17) is 9.47 Å². The lowest BCUT2D eigenvalue weighted by atomic mass is 9.77. The maximum Gasteiger partial charge on any atom is 0.161 e. The van der Waals surface area contributed by atoms with Gasteiger partial charge in [-0.05, 0) is 62.1 Å². The molecule has 1 saturated carbocycles. The highest BCUT2D eigenvalue weighted by molar-refractivity contribution is 5.44. The van der Waals surface area contributed by atoms with Gasteiger partial charge < -0.3 is 14.6 Å². The minimum absolute atomic E-state index is 0.166. The number of rotatable bonds is 2. The lowest BCUT2D eigenvalue weighted by Crippen LogP contribution is -2.22. The average molecular weight is 262 g/mol. The molecule has 1 aliphatic heterocycles. The molecule has 2 aliphatic rings. The van der Waals surface area contributed by atoms with Crippen LogP contribution in [0.1, 0.15) is 44.1 Å². The molecular weight excluding hydrogens is 240 g/mol. The van der Waals surface area contributed by atoms with Gasteiger partial charge >= 0.3 is 0 Å². The largest absolute Gasteiger partial charge is 0.486 e. The first-order valence-corrected chi connectivity index (χ1v) is 7.31. The number of aliphatic hydroxyl groups excluding tert-OH is 1. The summed E-state index contributed by atoms with van der Waals surface area (Å²) in [6, 6.07) is 6.34. The molecule has 3 heteroatoms. The lowest BCUT2D eigenvalue weighted by Gasteiger charge is -2.31. The summed E-state index contributed by atoms with van der Waals surface area (Å²) in [7, 11) is 0. The summed E-state index contributed by atoms with van der Waals surface area (Å²) < 4.78 is 11.2. The molecule has 1 aromatic rings. The Hall–Kier alpha value is -1.22. The third-order valence-electron chi connectivity index (χ3n) is 4.49. The molecule has 1 unspecified atom stereocenters. The zero-order valence-corrected chi connectivity index (χ0v) is 11.5. The number of hydrogen-bond acceptors (Lipinski definition) is 3. The van der Waals surface area contributed by atoms with Crippen molar-refractivity contribution in [1.82, 2.24) is 0 Å². The van der Waals surface area contributed by atoms with E-state index in [0.29, 0.717) is 25.0 Å². The van der Waals surface area contributed by atoms with Gasteiger partial charge in [-0.3, -0.25) is 0 Å². The second-order valence-corrected chi connectivity index (χ2v) is 5.76. The van der Waals surface area contributed by atoms with Crippen LogP contribution in [0.2, 0.25) is 0 Å². The fourth-order valence-corrected chi connectivity index (χ4v) is 3.25. The van der Waals surface area contributed by atoms with E-state index >= 15 is 0 Å². The summed E-state index contributed by atoms with van der Waals surface area (Å²) in [5, 5.41) is 9.66. The van der Waals surface area contributed by atoms with Crippen LogP contribution in [-0.4, -0.2) is 24.4 Å². The molecule has 1 aromatic carbocycles. The predicted octanol–water partition coefficient (Wildman–Crippen LogP) is 3.11. The Balaban J connectivity index is 1.70. The Labute approximate surface area is 114 Å². The Bertz CT molecular complexity index is 434. The number of benzene rings is 1. The van der Waals surface area contributed by atoms with Gasteiger partial charge in [-0.2, -0.15) is 0 Å². The van der Waals surface area contributed by atoms with Crippen molar-refractivity contribution in [3.8, 4) is 11.5 Å². The Morgan fingerprint density at radius 3 is 2.42 bits per heavy atom. The summed E-state index contributed by atoms with van der Waals surface area (Å²) in [6.07, 6.45) is 4.40. The lowest BCUT2D eigenvalue weighted by molar-refractivity contribution is 0.0966. The van der Waals surface area contributed by atoms with Crippen molar-refractivity contribution in [3.05, 3.63) is 23.8 Å². The number of fused-ring (bicyclic) bond motifs is 1. The molecule has 3 rings (SSSR count). The first kappa shape index (κ1) is 12.8. The molecule has 0 amide bonds. The maximum atomic E-state index is 9.66. The van der Waals surface area contributed by atoms with Crippen LogP contribution in [0.25, 0.3) is 0 Å². The smallest absolute Gasteiger partial charge is 0.161 e. The molecule has 1 N–H and O–H groups in total. The molecule has 19 heavy (non-hydrogen) atoms. The van der Waals surface area contributed by atoms with Gasteiger partial charge in [-0.1, -0.05) is 6.07 Å². The van der Waals surface area contributed by atoms with Crippen LogP contribution < -0.4 is 9.47 Å². The van der Waals surface area contributed by atoms with E-state index in [2.05, 4.69) is 12.1 Å². The Morgan fingerprint density at radius 2 is 1.74 bits per heavy atom. The van der Waals surface area contributed by atoms with Gasteiger partial charge in [0.1, 0.15) is 13.2 Å². The van der Waals surface area contributed by atoms with Crippen molar-refractivity contribution < 1.29 is 14.6 Å². The van der Waals surface area contributed by atoms with Crippen molar-refractivity contribution in [3.63, 3.8) is 0 Å². The van der Waals surface area contributed by atoms with E-state index in [9.17, 15) is 5.11 Å². The molecular formula is C16H22O3. The summed E-state index contributed by atoms with van der Waals surface area (Å²) in [5.41, 5.74) is 1.35. The highest BCUT2D eigenvalue weighted by Gasteiger charge is 2.26. The van der Waals surface area contributed by atoms with Gasteiger partial charge in [-0.15, -0.1) is 0 Å². The second-order valence-electron chi connectivity index (χ2n) is 5.76. The molecule has 0 radical (unpaired) electrons. The highest BCUT2D eigenvalue weighted by Crippen LogP contribution is 2.40. The van der Waals surface area contributed by atoms with E-state index < -0.39 is 0 Å². The van der Waals surface area contributed by atoms with Crippen molar-refractivity contribution in [2.24, 2.45) is 5.92 Å². The van der Waals surface area contributed by atoms with Gasteiger partial charge in [0.15, 0.2) is 11.5 Å². The first-order valence-electron chi connectivity index (χ1n) is 7.31. The van der Waals surface area contributed by atoms with Crippen LogP contribution in [0.3, 0.4) is 0 Å². The van der Waals surface area contributed by atoms with E-state index in [1.165, 1.54) is 5.56 Å². The van der Waals surface area contributed by atoms with Crippen LogP contribution in [0.5, 0.6) is 11.5 Å². The second kappa shape index (κ2) is 5.41. The summed E-state index contributed by atoms with van der Waals surface area (Å²) in [6.45, 7) is 3.20. The van der Waals surface area contributed by atoms with Crippen LogP contribution in [0.4, 0.5) is 0 Å². The zero-order chi connectivity index (χ0) is 13.2. The maximum absolute atomic E-state index is 9.66. The molecule has 104 valence electrons. The van der Waals surface area contributed by atoms with Crippen molar-refractivity contribution in [2.45, 2.75) is 44.6 Å². The normalized spacial score (nSPS) is 27.9. The van der Waals surface area contributed by atoms with Crippen LogP contribution in [0, 0.1) is 5.92 Å².